The molecule has 0 saturated carbocycles. The van der Waals surface area contributed by atoms with E-state index in [0.29, 0.717) is 15.2 Å². The van der Waals surface area contributed by atoms with Crippen molar-refractivity contribution in [2.45, 2.75) is 10.4 Å². The predicted molar refractivity (Wildman–Crippen MR) is 110 cm³/mol. The van der Waals surface area contributed by atoms with Gasteiger partial charge in [0.25, 0.3) is 0 Å². The van der Waals surface area contributed by atoms with Crippen molar-refractivity contribution < 1.29 is 0 Å². The van der Waals surface area contributed by atoms with Crippen LogP contribution in [-0.4, -0.2) is 20.2 Å². The molecule has 0 fully saturated rings. The fourth-order valence-electron chi connectivity index (χ4n) is 2.70. The Bertz CT molecular complexity index is 1020. The number of halogens is 2. The number of benzene rings is 3. The lowest BCUT2D eigenvalue weighted by Gasteiger charge is -2.17. The first-order chi connectivity index (χ1) is 13.2. The Hall–Kier alpha value is -2.34. The Morgan fingerprint density at radius 3 is 2.00 bits per heavy atom. The van der Waals surface area contributed by atoms with Crippen LogP contribution in [0.25, 0.3) is 5.69 Å². The topological polar surface area (TPSA) is 43.6 Å². The van der Waals surface area contributed by atoms with Crippen LogP contribution in [-0.2, 0) is 0 Å². The van der Waals surface area contributed by atoms with E-state index < -0.39 is 0 Å². The standard InChI is InChI=1S/C20H14Cl2N4S/c21-16-8-6-15(7-9-16)19(14-4-2-1-3-5-14)27-20-23-24-25-26(20)18-12-10-17(22)11-13-18/h1-13,19H/t19-/m0/s1. The maximum atomic E-state index is 6.07. The van der Waals surface area contributed by atoms with Gasteiger partial charge in [0, 0.05) is 10.0 Å². The van der Waals surface area contributed by atoms with Gasteiger partial charge >= 0.3 is 0 Å². The van der Waals surface area contributed by atoms with Gasteiger partial charge in [-0.2, -0.15) is 4.68 Å². The summed E-state index contributed by atoms with van der Waals surface area (Å²) in [4.78, 5) is 0. The molecule has 0 amide bonds. The van der Waals surface area contributed by atoms with Crippen molar-refractivity contribution in [3.63, 3.8) is 0 Å². The molecule has 0 aliphatic rings. The largest absolute Gasteiger partial charge is 0.215 e. The molecule has 0 N–H and O–H groups in total. The normalized spacial score (nSPS) is 12.1. The van der Waals surface area contributed by atoms with Gasteiger partial charge in [0.1, 0.15) is 0 Å². The summed E-state index contributed by atoms with van der Waals surface area (Å²) < 4.78 is 1.72. The monoisotopic (exact) mass is 412 g/mol. The summed E-state index contributed by atoms with van der Waals surface area (Å²) in [7, 11) is 0. The van der Waals surface area contributed by atoms with E-state index in [1.165, 1.54) is 0 Å². The van der Waals surface area contributed by atoms with Crippen LogP contribution in [0.3, 0.4) is 0 Å². The third kappa shape index (κ3) is 4.16. The maximum absolute atomic E-state index is 6.07. The van der Waals surface area contributed by atoms with E-state index in [0.717, 1.165) is 16.8 Å². The van der Waals surface area contributed by atoms with Crippen LogP contribution in [0.15, 0.2) is 84.0 Å². The fraction of sp³-hybridized carbons (Fsp3) is 0.0500. The van der Waals surface area contributed by atoms with Crippen LogP contribution < -0.4 is 0 Å². The summed E-state index contributed by atoms with van der Waals surface area (Å²) in [6, 6.07) is 25.5. The molecule has 0 bridgehead atoms. The summed E-state index contributed by atoms with van der Waals surface area (Å²) in [5.74, 6) is 0. The molecule has 0 saturated heterocycles. The van der Waals surface area contributed by atoms with Gasteiger partial charge in [0.15, 0.2) is 0 Å². The van der Waals surface area contributed by atoms with Crippen LogP contribution in [0.1, 0.15) is 16.4 Å². The molecule has 4 nitrogen and oxygen atoms in total. The first-order valence-corrected chi connectivity index (χ1v) is 9.85. The molecule has 1 heterocycles. The minimum Gasteiger partial charge on any atom is -0.187 e. The van der Waals surface area contributed by atoms with Gasteiger partial charge in [0.05, 0.1) is 10.9 Å². The number of thioether (sulfide) groups is 1. The van der Waals surface area contributed by atoms with E-state index in [1.807, 2.05) is 66.7 Å². The highest BCUT2D eigenvalue weighted by atomic mass is 35.5. The van der Waals surface area contributed by atoms with E-state index in [-0.39, 0.29) is 5.25 Å². The second-order valence-electron chi connectivity index (χ2n) is 5.81. The lowest BCUT2D eigenvalue weighted by molar-refractivity contribution is 0.755. The van der Waals surface area contributed by atoms with Gasteiger partial charge in [-0.1, -0.05) is 77.4 Å². The van der Waals surface area contributed by atoms with Crippen LogP contribution in [0.4, 0.5) is 0 Å². The Morgan fingerprint density at radius 1 is 0.741 bits per heavy atom. The van der Waals surface area contributed by atoms with E-state index in [9.17, 15) is 0 Å². The molecule has 0 aliphatic heterocycles. The number of aromatic nitrogens is 4. The molecule has 4 rings (SSSR count). The SMILES string of the molecule is Clc1ccc([C@@H](Sc2nnnn2-c2ccc(Cl)cc2)c2ccccc2)cc1. The highest BCUT2D eigenvalue weighted by Crippen LogP contribution is 2.40. The summed E-state index contributed by atoms with van der Waals surface area (Å²) in [6.45, 7) is 0. The van der Waals surface area contributed by atoms with Crippen molar-refractivity contribution in [3.8, 4) is 5.69 Å². The molecule has 1 atom stereocenters. The summed E-state index contributed by atoms with van der Waals surface area (Å²) in [5, 5.41) is 14.3. The summed E-state index contributed by atoms with van der Waals surface area (Å²) >= 11 is 13.6. The van der Waals surface area contributed by atoms with E-state index in [1.54, 1.807) is 16.4 Å². The average Bonchev–Trinajstić information content (AvgIpc) is 3.16. The molecule has 27 heavy (non-hydrogen) atoms. The average molecular weight is 413 g/mol. The Labute approximate surface area is 171 Å². The smallest absolute Gasteiger partial charge is 0.187 e. The zero-order chi connectivity index (χ0) is 18.6. The van der Waals surface area contributed by atoms with Crippen molar-refractivity contribution in [2.75, 3.05) is 0 Å². The molecule has 1 aromatic heterocycles. The summed E-state index contributed by atoms with van der Waals surface area (Å²) in [5.41, 5.74) is 3.14. The van der Waals surface area contributed by atoms with E-state index in [2.05, 4.69) is 27.7 Å². The molecule has 4 aromatic rings. The van der Waals surface area contributed by atoms with Gasteiger partial charge in [-0.15, -0.1) is 5.10 Å². The van der Waals surface area contributed by atoms with Crippen molar-refractivity contribution in [3.05, 3.63) is 100 Å². The second-order valence-corrected chi connectivity index (χ2v) is 7.75. The zero-order valence-electron chi connectivity index (χ0n) is 14.0. The van der Waals surface area contributed by atoms with Crippen LogP contribution in [0, 0.1) is 0 Å². The van der Waals surface area contributed by atoms with Crippen LogP contribution in [0.2, 0.25) is 10.0 Å². The molecular formula is C20H14Cl2N4S. The van der Waals surface area contributed by atoms with Crippen molar-refractivity contribution in [1.82, 2.24) is 20.2 Å². The fourth-order valence-corrected chi connectivity index (χ4v) is 4.07. The molecule has 7 heteroatoms. The lowest BCUT2D eigenvalue weighted by atomic mass is 10.0. The van der Waals surface area contributed by atoms with Gasteiger partial charge in [-0.25, -0.2) is 0 Å². The third-order valence-corrected chi connectivity index (χ3v) is 5.76. The predicted octanol–water partition coefficient (Wildman–Crippen LogP) is 5.85. The molecular weight excluding hydrogens is 399 g/mol. The minimum absolute atomic E-state index is 0.0283. The second kappa shape index (κ2) is 8.13. The van der Waals surface area contributed by atoms with Gasteiger partial charge in [-0.05, 0) is 58.0 Å². The van der Waals surface area contributed by atoms with Gasteiger partial charge in [-0.3, -0.25) is 0 Å². The highest BCUT2D eigenvalue weighted by molar-refractivity contribution is 7.99. The lowest BCUT2D eigenvalue weighted by Crippen LogP contribution is -2.02. The first kappa shape index (κ1) is 18.0. The molecule has 3 aromatic carbocycles. The molecule has 134 valence electrons. The van der Waals surface area contributed by atoms with Crippen LogP contribution in [0.5, 0.6) is 0 Å². The number of tetrazole rings is 1. The third-order valence-electron chi connectivity index (χ3n) is 4.01. The quantitative estimate of drug-likeness (QED) is 0.385. The van der Waals surface area contributed by atoms with Crippen molar-refractivity contribution in [1.29, 1.82) is 0 Å². The zero-order valence-corrected chi connectivity index (χ0v) is 16.4. The van der Waals surface area contributed by atoms with E-state index >= 15 is 0 Å². The number of hydrogen-bond acceptors (Lipinski definition) is 4. The number of hydrogen-bond donors (Lipinski definition) is 0. The molecule has 0 radical (unpaired) electrons. The Morgan fingerprint density at radius 2 is 1.33 bits per heavy atom. The Kier molecular flexibility index (Phi) is 5.43. The van der Waals surface area contributed by atoms with Gasteiger partial charge < -0.3 is 0 Å². The van der Waals surface area contributed by atoms with E-state index in [4.69, 9.17) is 23.2 Å². The van der Waals surface area contributed by atoms with Crippen LogP contribution >= 0.6 is 35.0 Å². The molecule has 0 unspecified atom stereocenters. The Balaban J connectivity index is 1.72. The maximum Gasteiger partial charge on any atom is 0.215 e. The van der Waals surface area contributed by atoms with Crippen molar-refractivity contribution >= 4 is 35.0 Å². The highest BCUT2D eigenvalue weighted by Gasteiger charge is 2.20. The minimum atomic E-state index is 0.0283. The van der Waals surface area contributed by atoms with Gasteiger partial charge in [0.2, 0.25) is 5.16 Å². The number of rotatable bonds is 5. The molecule has 0 aliphatic carbocycles. The van der Waals surface area contributed by atoms with Crippen molar-refractivity contribution in [2.24, 2.45) is 0 Å². The molecule has 0 spiro atoms. The first-order valence-electron chi connectivity index (χ1n) is 8.22. The number of nitrogens with zero attached hydrogens (tertiary/aromatic N) is 4. The summed E-state index contributed by atoms with van der Waals surface area (Å²) in [6.07, 6.45) is 0.